The van der Waals surface area contributed by atoms with Gasteiger partial charge in [-0.05, 0) is 30.3 Å². The molecule has 0 fully saturated rings. The molecule has 0 spiro atoms. The number of nitrogens with one attached hydrogen (secondary N) is 2. The summed E-state index contributed by atoms with van der Waals surface area (Å²) in [7, 11) is 0. The predicted molar refractivity (Wildman–Crippen MR) is 108 cm³/mol. The number of hydrogen-bond donors (Lipinski definition) is 2. The molecule has 0 unspecified atom stereocenters. The van der Waals surface area contributed by atoms with Crippen molar-refractivity contribution in [3.8, 4) is 0 Å². The number of halogens is 4. The Morgan fingerprint density at radius 1 is 0.889 bits per heavy atom. The van der Waals surface area contributed by atoms with Crippen LogP contribution in [-0.4, -0.2) is 14.9 Å². The molecule has 3 rings (SSSR count). The van der Waals surface area contributed by atoms with Gasteiger partial charge in [0.05, 0.1) is 30.7 Å². The minimum absolute atomic E-state index is 0.0333. The first-order valence-corrected chi connectivity index (χ1v) is 8.80. The van der Waals surface area contributed by atoms with E-state index in [1.807, 2.05) is 0 Å². The van der Waals surface area contributed by atoms with Gasteiger partial charge in [0.25, 0.3) is 0 Å². The lowest BCUT2D eigenvalue weighted by Crippen LogP contribution is -2.05. The molecule has 0 radical (unpaired) electrons. The number of anilines is 4. The van der Waals surface area contributed by atoms with E-state index in [2.05, 4.69) is 20.6 Å². The van der Waals surface area contributed by atoms with Crippen LogP contribution in [0.25, 0.3) is 0 Å². The SMILES string of the molecule is O=[N+]([O-])c1c(Nc2ccc(Cl)c(Cl)c2)ncnc1Nc1cccc(Cl)c1Cl. The second kappa shape index (κ2) is 8.14. The molecule has 1 heterocycles. The van der Waals surface area contributed by atoms with Gasteiger partial charge in [-0.3, -0.25) is 10.1 Å². The van der Waals surface area contributed by atoms with Crippen molar-refractivity contribution in [2.45, 2.75) is 0 Å². The fourth-order valence-corrected chi connectivity index (χ4v) is 2.82. The van der Waals surface area contributed by atoms with Gasteiger partial charge in [-0.15, -0.1) is 0 Å². The van der Waals surface area contributed by atoms with Gasteiger partial charge in [-0.1, -0.05) is 52.5 Å². The van der Waals surface area contributed by atoms with Gasteiger partial charge in [0, 0.05) is 5.69 Å². The fourth-order valence-electron chi connectivity index (χ4n) is 2.17. The number of hydrogen-bond acceptors (Lipinski definition) is 6. The van der Waals surface area contributed by atoms with Gasteiger partial charge in [0.2, 0.25) is 11.6 Å². The molecule has 0 saturated heterocycles. The lowest BCUT2D eigenvalue weighted by molar-refractivity contribution is -0.383. The van der Waals surface area contributed by atoms with E-state index >= 15 is 0 Å². The third-order valence-corrected chi connectivity index (χ3v) is 4.95. The molecule has 2 N–H and O–H groups in total. The van der Waals surface area contributed by atoms with Crippen molar-refractivity contribution in [2.75, 3.05) is 10.6 Å². The maximum atomic E-state index is 11.6. The summed E-state index contributed by atoms with van der Waals surface area (Å²) in [6.07, 6.45) is 1.17. The molecule has 2 aromatic carbocycles. The van der Waals surface area contributed by atoms with Crippen molar-refractivity contribution in [1.82, 2.24) is 9.97 Å². The lowest BCUT2D eigenvalue weighted by Gasteiger charge is -2.11. The third-order valence-electron chi connectivity index (χ3n) is 3.39. The molecule has 3 aromatic rings. The number of nitrogens with zero attached hydrogens (tertiary/aromatic N) is 3. The molecule has 7 nitrogen and oxygen atoms in total. The van der Waals surface area contributed by atoms with Crippen molar-refractivity contribution in [3.63, 3.8) is 0 Å². The van der Waals surface area contributed by atoms with Crippen LogP contribution >= 0.6 is 46.4 Å². The summed E-state index contributed by atoms with van der Waals surface area (Å²) in [6.45, 7) is 0. The van der Waals surface area contributed by atoms with Crippen LogP contribution in [0.4, 0.5) is 28.7 Å². The van der Waals surface area contributed by atoms with Gasteiger partial charge < -0.3 is 10.6 Å². The molecular weight excluding hydrogens is 436 g/mol. The summed E-state index contributed by atoms with van der Waals surface area (Å²) in [4.78, 5) is 18.9. The number of benzene rings is 2. The second-order valence-corrected chi connectivity index (χ2v) is 6.76. The highest BCUT2D eigenvalue weighted by Crippen LogP contribution is 2.37. The van der Waals surface area contributed by atoms with E-state index in [-0.39, 0.29) is 22.3 Å². The Kier molecular flexibility index (Phi) is 5.86. The summed E-state index contributed by atoms with van der Waals surface area (Å²) in [5, 5.41) is 18.5. The van der Waals surface area contributed by atoms with E-state index in [1.54, 1.807) is 30.3 Å². The Morgan fingerprint density at radius 2 is 1.59 bits per heavy atom. The molecule has 11 heteroatoms. The highest BCUT2D eigenvalue weighted by molar-refractivity contribution is 6.43. The van der Waals surface area contributed by atoms with Crippen LogP contribution in [0.1, 0.15) is 0 Å². The highest BCUT2D eigenvalue weighted by Gasteiger charge is 2.24. The topological polar surface area (TPSA) is 93.0 Å². The molecule has 0 aliphatic carbocycles. The number of aromatic nitrogens is 2. The van der Waals surface area contributed by atoms with Gasteiger partial charge in [0.1, 0.15) is 6.33 Å². The van der Waals surface area contributed by atoms with Crippen molar-refractivity contribution in [2.24, 2.45) is 0 Å². The van der Waals surface area contributed by atoms with Gasteiger partial charge in [0.15, 0.2) is 0 Å². The molecule has 0 aliphatic heterocycles. The van der Waals surface area contributed by atoms with Crippen LogP contribution < -0.4 is 10.6 Å². The maximum absolute atomic E-state index is 11.6. The summed E-state index contributed by atoms with van der Waals surface area (Å²) in [6, 6.07) is 9.56. The summed E-state index contributed by atoms with van der Waals surface area (Å²) in [5.74, 6) is -0.0873. The Labute approximate surface area is 173 Å². The normalized spacial score (nSPS) is 10.5. The fraction of sp³-hybridized carbons (Fsp3) is 0. The van der Waals surface area contributed by atoms with Gasteiger partial charge in [-0.2, -0.15) is 0 Å². The van der Waals surface area contributed by atoms with E-state index in [4.69, 9.17) is 46.4 Å². The average Bonchev–Trinajstić information content (AvgIpc) is 2.62. The highest BCUT2D eigenvalue weighted by atomic mass is 35.5. The monoisotopic (exact) mass is 443 g/mol. The molecule has 0 aliphatic rings. The minimum atomic E-state index is -0.610. The molecule has 0 amide bonds. The average molecular weight is 445 g/mol. The largest absolute Gasteiger partial charge is 0.353 e. The van der Waals surface area contributed by atoms with E-state index < -0.39 is 4.92 Å². The Balaban J connectivity index is 2.01. The summed E-state index contributed by atoms with van der Waals surface area (Å²) >= 11 is 24.0. The van der Waals surface area contributed by atoms with Crippen LogP contribution in [0.2, 0.25) is 20.1 Å². The molecule has 27 heavy (non-hydrogen) atoms. The summed E-state index contributed by atoms with van der Waals surface area (Å²) < 4.78 is 0. The van der Waals surface area contributed by atoms with E-state index in [0.29, 0.717) is 26.4 Å². The first-order chi connectivity index (χ1) is 12.9. The van der Waals surface area contributed by atoms with Crippen molar-refractivity contribution in [1.29, 1.82) is 0 Å². The van der Waals surface area contributed by atoms with E-state index in [0.717, 1.165) is 0 Å². The van der Waals surface area contributed by atoms with Crippen LogP contribution in [0, 0.1) is 10.1 Å². The van der Waals surface area contributed by atoms with E-state index in [9.17, 15) is 10.1 Å². The first kappa shape index (κ1) is 19.4. The molecule has 138 valence electrons. The minimum Gasteiger partial charge on any atom is -0.334 e. The quantitative estimate of drug-likeness (QED) is 0.345. The zero-order valence-electron chi connectivity index (χ0n) is 13.2. The molecule has 0 saturated carbocycles. The van der Waals surface area contributed by atoms with E-state index in [1.165, 1.54) is 12.4 Å². The molecule has 1 aromatic heterocycles. The number of rotatable bonds is 5. The smallest absolute Gasteiger partial charge is 0.334 e. The standard InChI is InChI=1S/C16H9Cl4N5O2/c17-9-5-4-8(6-11(9)19)23-15-14(25(26)27)16(22-7-21-15)24-12-3-1-2-10(18)13(12)20/h1-7H,(H2,21,22,23,24). The maximum Gasteiger partial charge on any atom is 0.353 e. The first-order valence-electron chi connectivity index (χ1n) is 7.29. The molecule has 0 bridgehead atoms. The Hall–Kier alpha value is -2.32. The Bertz CT molecular complexity index is 1030. The predicted octanol–water partition coefficient (Wildman–Crippen LogP) is 6.49. The van der Waals surface area contributed by atoms with Crippen molar-refractivity contribution in [3.05, 3.63) is 72.9 Å². The molecular formula is C16H9Cl4N5O2. The van der Waals surface area contributed by atoms with Crippen LogP contribution in [0.3, 0.4) is 0 Å². The lowest BCUT2D eigenvalue weighted by atomic mass is 10.3. The third kappa shape index (κ3) is 4.33. The van der Waals surface area contributed by atoms with Gasteiger partial charge >= 0.3 is 5.69 Å². The molecule has 0 atom stereocenters. The van der Waals surface area contributed by atoms with Crippen LogP contribution in [0.5, 0.6) is 0 Å². The van der Waals surface area contributed by atoms with Crippen LogP contribution in [0.15, 0.2) is 42.7 Å². The zero-order chi connectivity index (χ0) is 19.6. The second-order valence-electron chi connectivity index (χ2n) is 5.16. The summed E-state index contributed by atoms with van der Waals surface area (Å²) in [5.41, 5.74) is 0.462. The van der Waals surface area contributed by atoms with Gasteiger partial charge in [-0.25, -0.2) is 9.97 Å². The van der Waals surface area contributed by atoms with Crippen LogP contribution in [-0.2, 0) is 0 Å². The Morgan fingerprint density at radius 3 is 2.26 bits per heavy atom. The van der Waals surface area contributed by atoms with Crippen molar-refractivity contribution < 1.29 is 4.92 Å². The van der Waals surface area contributed by atoms with Crippen molar-refractivity contribution >= 4 is 75.1 Å². The number of nitro groups is 1. The zero-order valence-corrected chi connectivity index (χ0v) is 16.2.